The Balaban J connectivity index is 2.07. The largest absolute Gasteiger partial charge is 0.477 e. The molecule has 0 fully saturated rings. The van der Waals surface area contributed by atoms with Crippen LogP contribution in [0.3, 0.4) is 0 Å². The Bertz CT molecular complexity index is 257. The van der Waals surface area contributed by atoms with E-state index in [0.717, 1.165) is 31.9 Å². The molecular weight excluding hydrogens is 164 g/mol. The topological polar surface area (TPSA) is 27.1 Å². The van der Waals surface area contributed by atoms with E-state index in [0.29, 0.717) is 0 Å². The van der Waals surface area contributed by atoms with E-state index in [9.17, 15) is 0 Å². The quantitative estimate of drug-likeness (QED) is 0.711. The maximum absolute atomic E-state index is 5.48. The molecule has 3 heteroatoms. The number of hydrogen-bond acceptors (Lipinski definition) is 2. The van der Waals surface area contributed by atoms with Crippen molar-refractivity contribution in [3.05, 3.63) is 11.8 Å². The van der Waals surface area contributed by atoms with E-state index in [1.165, 1.54) is 18.5 Å². The minimum Gasteiger partial charge on any atom is -0.477 e. The van der Waals surface area contributed by atoms with Crippen molar-refractivity contribution < 1.29 is 4.74 Å². The predicted octanol–water partition coefficient (Wildman–Crippen LogP) is 2.01. The molecule has 0 amide bonds. The molecule has 0 aliphatic carbocycles. The summed E-state index contributed by atoms with van der Waals surface area (Å²) in [6.45, 7) is 3.94. The zero-order valence-corrected chi connectivity index (χ0v) is 8.12. The molecule has 1 aromatic heterocycles. The number of ether oxygens (including phenoxy) is 1. The number of nitrogens with zero attached hydrogens (tertiary/aromatic N) is 2. The summed E-state index contributed by atoms with van der Waals surface area (Å²) in [5.74, 6) is 0.804. The molecule has 0 unspecified atom stereocenters. The molecule has 0 spiro atoms. The lowest BCUT2D eigenvalue weighted by Gasteiger charge is -2.11. The first-order chi connectivity index (χ1) is 6.40. The van der Waals surface area contributed by atoms with Gasteiger partial charge in [-0.2, -0.15) is 0 Å². The SMILES string of the molecule is CCCOc1cc2n(n1)CCCC2. The van der Waals surface area contributed by atoms with Crippen LogP contribution in [0.25, 0.3) is 0 Å². The van der Waals surface area contributed by atoms with Crippen LogP contribution in [0, 0.1) is 0 Å². The molecule has 2 rings (SSSR count). The van der Waals surface area contributed by atoms with Crippen LogP contribution in [-0.2, 0) is 13.0 Å². The van der Waals surface area contributed by atoms with Gasteiger partial charge in [-0.05, 0) is 25.7 Å². The second-order valence-electron chi connectivity index (χ2n) is 3.50. The number of fused-ring (bicyclic) bond motifs is 1. The molecule has 1 aromatic rings. The fourth-order valence-corrected chi connectivity index (χ4v) is 1.67. The summed E-state index contributed by atoms with van der Waals surface area (Å²) in [6, 6.07) is 2.08. The van der Waals surface area contributed by atoms with Gasteiger partial charge in [0, 0.05) is 18.3 Å². The van der Waals surface area contributed by atoms with Crippen molar-refractivity contribution in [2.75, 3.05) is 6.61 Å². The minimum absolute atomic E-state index is 0.774. The van der Waals surface area contributed by atoms with Gasteiger partial charge in [0.25, 0.3) is 0 Å². The molecule has 13 heavy (non-hydrogen) atoms. The smallest absolute Gasteiger partial charge is 0.232 e. The molecule has 0 bridgehead atoms. The van der Waals surface area contributed by atoms with E-state index in [4.69, 9.17) is 4.74 Å². The highest BCUT2D eigenvalue weighted by Crippen LogP contribution is 2.19. The number of hydrogen-bond donors (Lipinski definition) is 0. The number of rotatable bonds is 3. The Kier molecular flexibility index (Phi) is 2.52. The summed E-state index contributed by atoms with van der Waals surface area (Å²) in [5.41, 5.74) is 1.33. The van der Waals surface area contributed by atoms with E-state index in [2.05, 4.69) is 22.8 Å². The predicted molar refractivity (Wildman–Crippen MR) is 51.0 cm³/mol. The standard InChI is InChI=1S/C10H16N2O/c1-2-7-13-10-8-9-5-3-4-6-12(9)11-10/h8H,2-7H2,1H3. The lowest BCUT2D eigenvalue weighted by Crippen LogP contribution is -2.10. The van der Waals surface area contributed by atoms with Crippen molar-refractivity contribution in [3.63, 3.8) is 0 Å². The highest BCUT2D eigenvalue weighted by molar-refractivity contribution is 5.16. The Hall–Kier alpha value is -0.990. The van der Waals surface area contributed by atoms with E-state index in [1.807, 2.05) is 0 Å². The van der Waals surface area contributed by atoms with Crippen LogP contribution < -0.4 is 4.74 Å². The van der Waals surface area contributed by atoms with Crippen LogP contribution in [0.4, 0.5) is 0 Å². The molecule has 0 N–H and O–H groups in total. The minimum atomic E-state index is 0.774. The number of aryl methyl sites for hydroxylation is 2. The van der Waals surface area contributed by atoms with E-state index in [-0.39, 0.29) is 0 Å². The van der Waals surface area contributed by atoms with Gasteiger partial charge in [0.1, 0.15) is 0 Å². The van der Waals surface area contributed by atoms with Gasteiger partial charge in [-0.25, -0.2) is 0 Å². The molecule has 72 valence electrons. The van der Waals surface area contributed by atoms with E-state index in [1.54, 1.807) is 0 Å². The Morgan fingerprint density at radius 2 is 2.46 bits per heavy atom. The fraction of sp³-hybridized carbons (Fsp3) is 0.700. The fourth-order valence-electron chi connectivity index (χ4n) is 1.67. The van der Waals surface area contributed by atoms with Crippen molar-refractivity contribution in [1.82, 2.24) is 9.78 Å². The lowest BCUT2D eigenvalue weighted by molar-refractivity contribution is 0.300. The molecule has 0 radical (unpaired) electrons. The summed E-state index contributed by atoms with van der Waals surface area (Å²) in [5, 5.41) is 4.38. The van der Waals surface area contributed by atoms with Gasteiger partial charge in [-0.15, -0.1) is 5.10 Å². The third-order valence-corrected chi connectivity index (χ3v) is 2.35. The summed E-state index contributed by atoms with van der Waals surface area (Å²) in [7, 11) is 0. The average Bonchev–Trinajstić information content (AvgIpc) is 2.57. The van der Waals surface area contributed by atoms with Gasteiger partial charge in [-0.1, -0.05) is 6.92 Å². The molecule has 1 aliphatic rings. The molecular formula is C10H16N2O. The van der Waals surface area contributed by atoms with Crippen molar-refractivity contribution in [2.24, 2.45) is 0 Å². The Labute approximate surface area is 78.7 Å². The maximum Gasteiger partial charge on any atom is 0.232 e. The van der Waals surface area contributed by atoms with Gasteiger partial charge < -0.3 is 4.74 Å². The first kappa shape index (κ1) is 8.60. The third kappa shape index (κ3) is 1.85. The maximum atomic E-state index is 5.48. The van der Waals surface area contributed by atoms with Crippen molar-refractivity contribution in [1.29, 1.82) is 0 Å². The van der Waals surface area contributed by atoms with Crippen LogP contribution in [0.1, 0.15) is 31.9 Å². The molecule has 0 saturated heterocycles. The zero-order chi connectivity index (χ0) is 9.10. The highest BCUT2D eigenvalue weighted by Gasteiger charge is 2.12. The second-order valence-corrected chi connectivity index (χ2v) is 3.50. The van der Waals surface area contributed by atoms with Gasteiger partial charge in [0.15, 0.2) is 0 Å². The molecule has 1 aliphatic heterocycles. The van der Waals surface area contributed by atoms with Crippen LogP contribution in [0.2, 0.25) is 0 Å². The van der Waals surface area contributed by atoms with Crippen molar-refractivity contribution in [3.8, 4) is 5.88 Å². The first-order valence-electron chi connectivity index (χ1n) is 5.09. The van der Waals surface area contributed by atoms with Gasteiger partial charge in [0.2, 0.25) is 5.88 Å². The molecule has 0 atom stereocenters. The van der Waals surface area contributed by atoms with Crippen molar-refractivity contribution >= 4 is 0 Å². The zero-order valence-electron chi connectivity index (χ0n) is 8.12. The monoisotopic (exact) mass is 180 g/mol. The number of aromatic nitrogens is 2. The van der Waals surface area contributed by atoms with Gasteiger partial charge >= 0.3 is 0 Å². The molecule has 0 aromatic carbocycles. The van der Waals surface area contributed by atoms with Crippen LogP contribution in [0.5, 0.6) is 5.88 Å². The molecule has 0 saturated carbocycles. The van der Waals surface area contributed by atoms with E-state index < -0.39 is 0 Å². The van der Waals surface area contributed by atoms with Gasteiger partial charge in [0.05, 0.1) is 6.61 Å². The third-order valence-electron chi connectivity index (χ3n) is 2.35. The summed E-state index contributed by atoms with van der Waals surface area (Å²) in [6.07, 6.45) is 4.74. The summed E-state index contributed by atoms with van der Waals surface area (Å²) < 4.78 is 7.55. The Morgan fingerprint density at radius 3 is 3.23 bits per heavy atom. The van der Waals surface area contributed by atoms with Crippen LogP contribution >= 0.6 is 0 Å². The lowest BCUT2D eigenvalue weighted by atomic mass is 10.1. The molecule has 2 heterocycles. The van der Waals surface area contributed by atoms with Crippen LogP contribution in [-0.4, -0.2) is 16.4 Å². The summed E-state index contributed by atoms with van der Waals surface area (Å²) >= 11 is 0. The second kappa shape index (κ2) is 3.81. The van der Waals surface area contributed by atoms with E-state index >= 15 is 0 Å². The summed E-state index contributed by atoms with van der Waals surface area (Å²) in [4.78, 5) is 0. The van der Waals surface area contributed by atoms with Gasteiger partial charge in [-0.3, -0.25) is 4.68 Å². The van der Waals surface area contributed by atoms with Crippen LogP contribution in [0.15, 0.2) is 6.07 Å². The molecule has 3 nitrogen and oxygen atoms in total. The average molecular weight is 180 g/mol. The Morgan fingerprint density at radius 1 is 1.54 bits per heavy atom. The highest BCUT2D eigenvalue weighted by atomic mass is 16.5. The normalized spacial score (nSPS) is 15.5. The van der Waals surface area contributed by atoms with Crippen molar-refractivity contribution in [2.45, 2.75) is 39.2 Å². The first-order valence-corrected chi connectivity index (χ1v) is 5.09.